The zero-order valence-corrected chi connectivity index (χ0v) is 13.5. The molecule has 0 aromatic carbocycles. The molecule has 0 bridgehead atoms. The van der Waals surface area contributed by atoms with Gasteiger partial charge in [-0.05, 0) is 13.3 Å². The van der Waals surface area contributed by atoms with Gasteiger partial charge in [-0.15, -0.1) is 0 Å². The van der Waals surface area contributed by atoms with Crippen LogP contribution < -0.4 is 9.46 Å². The zero-order valence-electron chi connectivity index (χ0n) is 12.7. The molecule has 1 fully saturated rings. The van der Waals surface area contributed by atoms with Crippen LogP contribution in [0.25, 0.3) is 0 Å². The summed E-state index contributed by atoms with van der Waals surface area (Å²) in [6, 6.07) is 0.153. The molecule has 1 aliphatic rings. The Bertz CT molecular complexity index is 658. The van der Waals surface area contributed by atoms with Crippen LogP contribution in [0.5, 0.6) is 6.01 Å². The van der Waals surface area contributed by atoms with Crippen molar-refractivity contribution < 1.29 is 22.7 Å². The summed E-state index contributed by atoms with van der Waals surface area (Å²) < 4.78 is 31.4. The Morgan fingerprint density at radius 1 is 1.22 bits per heavy atom. The summed E-state index contributed by atoms with van der Waals surface area (Å²) in [6.45, 7) is 2.02. The Hall–Kier alpha value is -2.23. The molecule has 2 heterocycles. The first-order chi connectivity index (χ1) is 10.9. The van der Waals surface area contributed by atoms with Crippen molar-refractivity contribution in [2.45, 2.75) is 26.2 Å². The molecular weight excluding hydrogens is 324 g/mol. The van der Waals surface area contributed by atoms with Gasteiger partial charge in [0.2, 0.25) is 21.8 Å². The molecule has 1 aromatic rings. The fourth-order valence-electron chi connectivity index (χ4n) is 2.06. The molecule has 0 atom stereocenters. The van der Waals surface area contributed by atoms with Gasteiger partial charge in [-0.1, -0.05) is 0 Å². The molecule has 9 nitrogen and oxygen atoms in total. The van der Waals surface area contributed by atoms with Gasteiger partial charge < -0.3 is 4.74 Å². The van der Waals surface area contributed by atoms with Gasteiger partial charge >= 0.3 is 6.01 Å². The third kappa shape index (κ3) is 4.88. The number of carbonyl (C=O) groups is 2. The molecular formula is C13H18N4O5S. The van der Waals surface area contributed by atoms with Gasteiger partial charge in [0.05, 0.1) is 30.4 Å². The Labute approximate surface area is 134 Å². The van der Waals surface area contributed by atoms with E-state index < -0.39 is 10.0 Å². The number of anilines is 1. The van der Waals surface area contributed by atoms with E-state index in [0.717, 1.165) is 4.90 Å². The van der Waals surface area contributed by atoms with Crippen molar-refractivity contribution in [2.75, 3.05) is 23.6 Å². The summed E-state index contributed by atoms with van der Waals surface area (Å²) in [6.07, 6.45) is 3.63. The average molecular weight is 342 g/mol. The van der Waals surface area contributed by atoms with Gasteiger partial charge in [0, 0.05) is 19.4 Å². The van der Waals surface area contributed by atoms with Crippen LogP contribution in [0.4, 0.5) is 5.69 Å². The number of hydrogen-bond acceptors (Lipinski definition) is 7. The molecule has 2 amide bonds. The van der Waals surface area contributed by atoms with Crippen LogP contribution in [0.3, 0.4) is 0 Å². The van der Waals surface area contributed by atoms with E-state index in [9.17, 15) is 18.0 Å². The van der Waals surface area contributed by atoms with E-state index in [1.54, 1.807) is 6.92 Å². The molecule has 1 N–H and O–H groups in total. The summed E-state index contributed by atoms with van der Waals surface area (Å²) in [4.78, 5) is 32.0. The lowest BCUT2D eigenvalue weighted by molar-refractivity contribution is -0.147. The van der Waals surface area contributed by atoms with Crippen LogP contribution >= 0.6 is 0 Å². The number of nitrogens with zero attached hydrogens (tertiary/aromatic N) is 3. The number of ether oxygens (including phenoxy) is 1. The largest absolute Gasteiger partial charge is 0.464 e. The van der Waals surface area contributed by atoms with E-state index in [4.69, 9.17) is 4.74 Å². The number of amides is 2. The van der Waals surface area contributed by atoms with E-state index in [2.05, 4.69) is 14.7 Å². The summed E-state index contributed by atoms with van der Waals surface area (Å²) >= 11 is 0. The van der Waals surface area contributed by atoms with Crippen LogP contribution in [0.15, 0.2) is 12.4 Å². The first-order valence-electron chi connectivity index (χ1n) is 7.20. The van der Waals surface area contributed by atoms with Gasteiger partial charge in [0.25, 0.3) is 0 Å². The maximum Gasteiger partial charge on any atom is 0.316 e. The predicted octanol–water partition coefficient (Wildman–Crippen LogP) is 0.156. The molecule has 2 rings (SSSR count). The normalized spacial score (nSPS) is 15.6. The van der Waals surface area contributed by atoms with E-state index in [1.165, 1.54) is 12.4 Å². The molecule has 1 saturated heterocycles. The van der Waals surface area contributed by atoms with Crippen molar-refractivity contribution in [1.29, 1.82) is 0 Å². The van der Waals surface area contributed by atoms with Gasteiger partial charge in [-0.3, -0.25) is 19.2 Å². The first kappa shape index (κ1) is 17.1. The predicted molar refractivity (Wildman–Crippen MR) is 81.2 cm³/mol. The zero-order chi connectivity index (χ0) is 16.9. The lowest BCUT2D eigenvalue weighted by Gasteiger charge is -2.24. The topological polar surface area (TPSA) is 119 Å². The Morgan fingerprint density at radius 2 is 1.83 bits per heavy atom. The monoisotopic (exact) mass is 342 g/mol. The summed E-state index contributed by atoms with van der Waals surface area (Å²) in [5.74, 6) is -1.04. The van der Waals surface area contributed by atoms with E-state index in [0.29, 0.717) is 13.0 Å². The number of piperidine rings is 1. The number of nitrogens with one attached hydrogen (secondary N) is 1. The fraction of sp³-hybridized carbons (Fsp3) is 0.538. The summed E-state index contributed by atoms with van der Waals surface area (Å²) in [7, 11) is -3.72. The quantitative estimate of drug-likeness (QED) is 0.701. The minimum atomic E-state index is -3.72. The number of carbonyl (C=O) groups excluding carboxylic acids is 2. The molecule has 10 heteroatoms. The number of likely N-dealkylation sites (tertiary alicyclic amines) is 1. The van der Waals surface area contributed by atoms with Gasteiger partial charge in [0.1, 0.15) is 0 Å². The number of hydrogen-bond donors (Lipinski definition) is 1. The van der Waals surface area contributed by atoms with E-state index in [-0.39, 0.29) is 48.7 Å². The Morgan fingerprint density at radius 3 is 2.39 bits per heavy atom. The van der Waals surface area contributed by atoms with Crippen molar-refractivity contribution >= 4 is 27.5 Å². The van der Waals surface area contributed by atoms with Crippen molar-refractivity contribution in [3.63, 3.8) is 0 Å². The molecule has 1 aliphatic heterocycles. The first-order valence-corrected chi connectivity index (χ1v) is 8.85. The molecule has 0 aliphatic carbocycles. The maximum absolute atomic E-state index is 12.0. The summed E-state index contributed by atoms with van der Waals surface area (Å²) in [5.41, 5.74) is 0.185. The van der Waals surface area contributed by atoms with Crippen molar-refractivity contribution in [3.05, 3.63) is 12.4 Å². The van der Waals surface area contributed by atoms with Crippen LogP contribution in [0.1, 0.15) is 26.2 Å². The second kappa shape index (κ2) is 7.36. The second-order valence-corrected chi connectivity index (χ2v) is 6.74. The van der Waals surface area contributed by atoms with Crippen LogP contribution in [0, 0.1) is 0 Å². The van der Waals surface area contributed by atoms with Crippen molar-refractivity contribution in [2.24, 2.45) is 0 Å². The standard InChI is InChI=1S/C13H18N4O5S/c1-2-22-13-14-8-10(9-15-13)16-23(20,21)7-6-17-11(18)4-3-5-12(17)19/h8-9,16H,2-7H2,1H3. The highest BCUT2D eigenvalue weighted by molar-refractivity contribution is 7.92. The highest BCUT2D eigenvalue weighted by Crippen LogP contribution is 2.13. The fourth-order valence-corrected chi connectivity index (χ4v) is 3.05. The third-order valence-corrected chi connectivity index (χ3v) is 4.41. The van der Waals surface area contributed by atoms with Crippen LogP contribution in [-0.2, 0) is 19.6 Å². The SMILES string of the molecule is CCOc1ncc(NS(=O)(=O)CCN2C(=O)CCCC2=O)cn1. The lowest BCUT2D eigenvalue weighted by Crippen LogP contribution is -2.43. The average Bonchev–Trinajstić information content (AvgIpc) is 2.49. The summed E-state index contributed by atoms with van der Waals surface area (Å²) in [5, 5.41) is 0. The molecule has 23 heavy (non-hydrogen) atoms. The number of rotatable bonds is 7. The van der Waals surface area contributed by atoms with Crippen molar-refractivity contribution in [1.82, 2.24) is 14.9 Å². The van der Waals surface area contributed by atoms with Crippen molar-refractivity contribution in [3.8, 4) is 6.01 Å². The minimum Gasteiger partial charge on any atom is -0.464 e. The molecule has 0 radical (unpaired) electrons. The van der Waals surface area contributed by atoms with Gasteiger partial charge in [0.15, 0.2) is 0 Å². The molecule has 0 spiro atoms. The molecule has 126 valence electrons. The Kier molecular flexibility index (Phi) is 5.48. The lowest BCUT2D eigenvalue weighted by atomic mass is 10.1. The molecule has 1 aromatic heterocycles. The molecule has 0 unspecified atom stereocenters. The van der Waals surface area contributed by atoms with E-state index >= 15 is 0 Å². The highest BCUT2D eigenvalue weighted by Gasteiger charge is 2.27. The minimum absolute atomic E-state index is 0.153. The number of sulfonamides is 1. The van der Waals surface area contributed by atoms with Gasteiger partial charge in [-0.2, -0.15) is 0 Å². The maximum atomic E-state index is 12.0. The number of aromatic nitrogens is 2. The Balaban J connectivity index is 1.93. The van der Waals surface area contributed by atoms with Gasteiger partial charge in [-0.25, -0.2) is 18.4 Å². The van der Waals surface area contributed by atoms with Crippen LogP contribution in [0.2, 0.25) is 0 Å². The molecule has 0 saturated carbocycles. The van der Waals surface area contributed by atoms with E-state index in [1.807, 2.05) is 0 Å². The number of imide groups is 1. The third-order valence-electron chi connectivity index (χ3n) is 3.14. The van der Waals surface area contributed by atoms with Crippen LogP contribution in [-0.4, -0.2) is 54.0 Å². The second-order valence-electron chi connectivity index (χ2n) is 4.90. The smallest absolute Gasteiger partial charge is 0.316 e. The highest BCUT2D eigenvalue weighted by atomic mass is 32.2.